The molecule has 0 amide bonds. The van der Waals surface area contributed by atoms with E-state index in [1.165, 1.54) is 83.5 Å². The predicted molar refractivity (Wildman–Crippen MR) is 178 cm³/mol. The van der Waals surface area contributed by atoms with Gasteiger partial charge in [0.1, 0.15) is 0 Å². The number of nitrogens with zero attached hydrogens (tertiary/aromatic N) is 1. The van der Waals surface area contributed by atoms with Crippen molar-refractivity contribution in [3.05, 3.63) is 0 Å². The molecule has 0 aromatic heterocycles. The van der Waals surface area contributed by atoms with Gasteiger partial charge in [-0.25, -0.2) is 0 Å². The van der Waals surface area contributed by atoms with Gasteiger partial charge in [-0.05, 0) is 64.5 Å². The molecule has 0 aliphatic heterocycles. The van der Waals surface area contributed by atoms with Gasteiger partial charge < -0.3 is 24.6 Å². The maximum absolute atomic E-state index is 11.9. The number of aliphatic hydroxyl groups excluding tert-OH is 2. The Morgan fingerprint density at radius 3 is 1.67 bits per heavy atom. The molecule has 0 fully saturated rings. The first-order valence-electron chi connectivity index (χ1n) is 18.4. The third-order valence-electron chi connectivity index (χ3n) is 8.32. The van der Waals surface area contributed by atoms with E-state index in [0.717, 1.165) is 90.3 Å². The number of ether oxygens (including phenoxy) is 2. The average Bonchev–Trinajstić information content (AvgIpc) is 2.98. The maximum Gasteiger partial charge on any atom is 0.305 e. The number of carbonyl (C=O) groups is 1. The minimum atomic E-state index is -0.614. The second-order valence-electron chi connectivity index (χ2n) is 12.5. The summed E-state index contributed by atoms with van der Waals surface area (Å²) in [6.45, 7) is 10.3. The monoisotopic (exact) mass is 600 g/mol. The van der Waals surface area contributed by atoms with Gasteiger partial charge in [0.25, 0.3) is 0 Å². The molecule has 0 radical (unpaired) electrons. The molecule has 0 aliphatic rings. The number of carbonyl (C=O) groups excluding carboxylic acids is 1. The molecule has 0 aliphatic carbocycles. The number of aliphatic hydroxyl groups is 2. The van der Waals surface area contributed by atoms with E-state index in [1.807, 2.05) is 0 Å². The smallest absolute Gasteiger partial charge is 0.305 e. The summed E-state index contributed by atoms with van der Waals surface area (Å²) in [4.78, 5) is 14.3. The van der Waals surface area contributed by atoms with Gasteiger partial charge in [0.15, 0.2) is 6.29 Å². The van der Waals surface area contributed by atoms with E-state index in [2.05, 4.69) is 25.7 Å². The molecule has 0 saturated carbocycles. The lowest BCUT2D eigenvalue weighted by Gasteiger charge is -2.22. The zero-order valence-corrected chi connectivity index (χ0v) is 28.4. The zero-order chi connectivity index (χ0) is 30.9. The van der Waals surface area contributed by atoms with Crippen LogP contribution in [-0.2, 0) is 14.3 Å². The van der Waals surface area contributed by atoms with Gasteiger partial charge in [-0.15, -0.1) is 0 Å². The van der Waals surface area contributed by atoms with Crippen molar-refractivity contribution in [3.8, 4) is 0 Å². The Bertz CT molecular complexity index is 539. The molecular weight excluding hydrogens is 526 g/mol. The lowest BCUT2D eigenvalue weighted by molar-refractivity contribution is -0.144. The van der Waals surface area contributed by atoms with E-state index < -0.39 is 6.29 Å². The van der Waals surface area contributed by atoms with E-state index in [-0.39, 0.29) is 18.7 Å². The van der Waals surface area contributed by atoms with Crippen LogP contribution in [0, 0.1) is 0 Å². The van der Waals surface area contributed by atoms with Gasteiger partial charge in [-0.1, -0.05) is 124 Å². The first-order chi connectivity index (χ1) is 20.6. The first kappa shape index (κ1) is 41.3. The molecule has 0 aromatic carbocycles. The molecule has 0 heterocycles. The Balaban J connectivity index is 3.71. The molecule has 1 unspecified atom stereocenters. The molecule has 0 bridgehead atoms. The van der Waals surface area contributed by atoms with Gasteiger partial charge in [0, 0.05) is 13.0 Å². The van der Waals surface area contributed by atoms with Crippen LogP contribution in [0.2, 0.25) is 0 Å². The fourth-order valence-corrected chi connectivity index (χ4v) is 5.55. The normalized spacial score (nSPS) is 12.5. The quantitative estimate of drug-likeness (QED) is 0.0436. The first-order valence-corrected chi connectivity index (χ1v) is 18.4. The van der Waals surface area contributed by atoms with Crippen molar-refractivity contribution in [1.82, 2.24) is 4.90 Å². The summed E-state index contributed by atoms with van der Waals surface area (Å²) in [6, 6.07) is 0. The molecule has 6 nitrogen and oxygen atoms in total. The summed E-state index contributed by atoms with van der Waals surface area (Å²) in [5.74, 6) is -0.0296. The number of hydrogen-bond donors (Lipinski definition) is 2. The minimum Gasteiger partial charge on any atom is -0.466 e. The van der Waals surface area contributed by atoms with Gasteiger partial charge in [-0.2, -0.15) is 0 Å². The summed E-state index contributed by atoms with van der Waals surface area (Å²) >= 11 is 0. The molecule has 42 heavy (non-hydrogen) atoms. The zero-order valence-electron chi connectivity index (χ0n) is 28.4. The molecule has 0 aromatic rings. The number of unbranched alkanes of at least 4 members (excludes halogenated alkanes) is 16. The maximum atomic E-state index is 11.9. The highest BCUT2D eigenvalue weighted by molar-refractivity contribution is 5.69. The Labute approximate surface area is 261 Å². The highest BCUT2D eigenvalue weighted by Gasteiger charge is 2.14. The van der Waals surface area contributed by atoms with E-state index >= 15 is 0 Å². The molecule has 1 atom stereocenters. The van der Waals surface area contributed by atoms with Gasteiger partial charge in [0.2, 0.25) is 0 Å². The Hall–Kier alpha value is -0.690. The summed E-state index contributed by atoms with van der Waals surface area (Å²) in [6.07, 6.45) is 27.6. The Morgan fingerprint density at radius 1 is 0.595 bits per heavy atom. The van der Waals surface area contributed by atoms with Crippen molar-refractivity contribution in [2.24, 2.45) is 0 Å². The molecular formula is C36H73NO5. The third-order valence-corrected chi connectivity index (χ3v) is 8.32. The van der Waals surface area contributed by atoms with E-state index in [4.69, 9.17) is 9.47 Å². The summed E-state index contributed by atoms with van der Waals surface area (Å²) < 4.78 is 11.3. The molecule has 252 valence electrons. The standard InChI is InChI=1S/C36H73NO5/c1-4-7-10-11-12-19-24-33-41-35(39)27-20-15-13-17-22-29-37(31-32-38)30-23-18-14-16-21-28-36(40)42-34(25-8-5-2)26-9-6-3/h34,36,38,40H,4-33H2,1-3H3. The van der Waals surface area contributed by atoms with Crippen LogP contribution in [-0.4, -0.2) is 66.3 Å². The van der Waals surface area contributed by atoms with Gasteiger partial charge in [0.05, 0.1) is 19.3 Å². The number of esters is 1. The van der Waals surface area contributed by atoms with Crippen molar-refractivity contribution < 1.29 is 24.5 Å². The molecule has 6 heteroatoms. The van der Waals surface area contributed by atoms with Crippen LogP contribution in [0.5, 0.6) is 0 Å². The summed E-state index contributed by atoms with van der Waals surface area (Å²) in [5.41, 5.74) is 0. The Morgan fingerprint density at radius 2 is 1.10 bits per heavy atom. The topological polar surface area (TPSA) is 79.2 Å². The lowest BCUT2D eigenvalue weighted by Crippen LogP contribution is -2.29. The van der Waals surface area contributed by atoms with Crippen LogP contribution in [0.4, 0.5) is 0 Å². The second-order valence-corrected chi connectivity index (χ2v) is 12.5. The fourth-order valence-electron chi connectivity index (χ4n) is 5.55. The average molecular weight is 600 g/mol. The van der Waals surface area contributed by atoms with Crippen LogP contribution in [0.15, 0.2) is 0 Å². The fraction of sp³-hybridized carbons (Fsp3) is 0.972. The van der Waals surface area contributed by atoms with E-state index in [9.17, 15) is 15.0 Å². The highest BCUT2D eigenvalue weighted by atomic mass is 16.6. The second kappa shape index (κ2) is 33.2. The molecule has 2 N–H and O–H groups in total. The number of rotatable bonds is 34. The van der Waals surface area contributed by atoms with Crippen molar-refractivity contribution in [3.63, 3.8) is 0 Å². The Kier molecular flexibility index (Phi) is 32.7. The summed E-state index contributed by atoms with van der Waals surface area (Å²) in [5, 5.41) is 19.8. The largest absolute Gasteiger partial charge is 0.466 e. The lowest BCUT2D eigenvalue weighted by atomic mass is 10.1. The molecule has 0 saturated heterocycles. The van der Waals surface area contributed by atoms with Crippen molar-refractivity contribution in [2.45, 2.75) is 194 Å². The van der Waals surface area contributed by atoms with E-state index in [1.54, 1.807) is 0 Å². The highest BCUT2D eigenvalue weighted by Crippen LogP contribution is 2.17. The van der Waals surface area contributed by atoms with Gasteiger partial charge in [-0.3, -0.25) is 4.79 Å². The SMILES string of the molecule is CCCCCCCCCOC(=O)CCCCCCCN(CCO)CCCCCCCC(O)OC(CCCC)CCCC. The van der Waals surface area contributed by atoms with Crippen LogP contribution >= 0.6 is 0 Å². The minimum absolute atomic E-state index is 0.0296. The van der Waals surface area contributed by atoms with Crippen molar-refractivity contribution in [1.29, 1.82) is 0 Å². The summed E-state index contributed by atoms with van der Waals surface area (Å²) in [7, 11) is 0. The van der Waals surface area contributed by atoms with Crippen LogP contribution in [0.1, 0.15) is 181 Å². The van der Waals surface area contributed by atoms with Crippen LogP contribution in [0.25, 0.3) is 0 Å². The predicted octanol–water partition coefficient (Wildman–Crippen LogP) is 9.34. The molecule has 0 rings (SSSR count). The van der Waals surface area contributed by atoms with Crippen LogP contribution in [0.3, 0.4) is 0 Å². The van der Waals surface area contributed by atoms with E-state index in [0.29, 0.717) is 13.0 Å². The third kappa shape index (κ3) is 29.4. The van der Waals surface area contributed by atoms with Crippen molar-refractivity contribution in [2.75, 3.05) is 32.8 Å². The number of hydrogen-bond acceptors (Lipinski definition) is 6. The molecule has 0 spiro atoms. The van der Waals surface area contributed by atoms with Crippen LogP contribution < -0.4 is 0 Å². The van der Waals surface area contributed by atoms with Gasteiger partial charge >= 0.3 is 5.97 Å². The van der Waals surface area contributed by atoms with Crippen molar-refractivity contribution >= 4 is 5.97 Å².